The van der Waals surface area contributed by atoms with Crippen LogP contribution in [0.25, 0.3) is 16.3 Å². The molecule has 1 aromatic carbocycles. The molecule has 0 fully saturated rings. The molecule has 0 bridgehead atoms. The molecule has 0 aliphatic carbocycles. The number of rotatable bonds is 3. The maximum atomic E-state index is 13.1. The standard InChI is InChI=1S/C17H16N4O3S/c1-8-3-4-11(22)9(2)12(8)13-14(18)10(15(19)23)7-21(16(13)24)17-20-5-6-25-17/h3-7,22H,18H2,1-2H3,(H2,19,23). The molecule has 2 aromatic heterocycles. The van der Waals surface area contributed by atoms with Crippen LogP contribution in [-0.2, 0) is 0 Å². The zero-order valence-corrected chi connectivity index (χ0v) is 14.4. The van der Waals surface area contributed by atoms with Crippen molar-refractivity contribution in [2.75, 3.05) is 5.73 Å². The summed E-state index contributed by atoms with van der Waals surface area (Å²) < 4.78 is 1.25. The van der Waals surface area contributed by atoms with Gasteiger partial charge in [-0.15, -0.1) is 11.3 Å². The zero-order valence-electron chi connectivity index (χ0n) is 13.6. The van der Waals surface area contributed by atoms with E-state index in [-0.39, 0.29) is 22.6 Å². The maximum absolute atomic E-state index is 13.1. The van der Waals surface area contributed by atoms with Gasteiger partial charge in [-0.05, 0) is 36.6 Å². The van der Waals surface area contributed by atoms with Crippen LogP contribution in [0.15, 0.2) is 34.7 Å². The lowest BCUT2D eigenvalue weighted by atomic mass is 9.93. The van der Waals surface area contributed by atoms with Crippen molar-refractivity contribution in [3.63, 3.8) is 0 Å². The van der Waals surface area contributed by atoms with Crippen molar-refractivity contribution >= 4 is 22.9 Å². The van der Waals surface area contributed by atoms with Gasteiger partial charge in [0.1, 0.15) is 5.75 Å². The average Bonchev–Trinajstić information content (AvgIpc) is 3.08. The summed E-state index contributed by atoms with van der Waals surface area (Å²) in [6, 6.07) is 3.23. The smallest absolute Gasteiger partial charge is 0.266 e. The third-order valence-electron chi connectivity index (χ3n) is 4.04. The molecule has 0 radical (unpaired) electrons. The molecular formula is C17H16N4O3S. The van der Waals surface area contributed by atoms with E-state index in [1.165, 1.54) is 22.1 Å². The number of aryl methyl sites for hydroxylation is 1. The predicted octanol–water partition coefficient (Wildman–Crippen LogP) is 1.96. The molecule has 0 atom stereocenters. The molecular weight excluding hydrogens is 340 g/mol. The van der Waals surface area contributed by atoms with Gasteiger partial charge < -0.3 is 16.6 Å². The number of phenols is 1. The van der Waals surface area contributed by atoms with Crippen molar-refractivity contribution < 1.29 is 9.90 Å². The van der Waals surface area contributed by atoms with Gasteiger partial charge in [-0.3, -0.25) is 14.2 Å². The van der Waals surface area contributed by atoms with Crippen LogP contribution in [0, 0.1) is 13.8 Å². The molecule has 0 aliphatic rings. The first-order valence-corrected chi connectivity index (χ1v) is 8.25. The Morgan fingerprint density at radius 3 is 2.60 bits per heavy atom. The Labute approximate surface area is 147 Å². The van der Waals surface area contributed by atoms with Crippen LogP contribution in [0.1, 0.15) is 21.5 Å². The minimum Gasteiger partial charge on any atom is -0.508 e. The summed E-state index contributed by atoms with van der Waals surface area (Å²) in [7, 11) is 0. The van der Waals surface area contributed by atoms with Gasteiger partial charge in [0.2, 0.25) is 0 Å². The second-order valence-electron chi connectivity index (χ2n) is 5.59. The van der Waals surface area contributed by atoms with Gasteiger partial charge in [0.05, 0.1) is 16.8 Å². The molecule has 0 saturated heterocycles. The minimum atomic E-state index is -0.750. The van der Waals surface area contributed by atoms with Crippen molar-refractivity contribution in [2.24, 2.45) is 5.73 Å². The van der Waals surface area contributed by atoms with Gasteiger partial charge in [0.15, 0.2) is 5.13 Å². The summed E-state index contributed by atoms with van der Waals surface area (Å²) in [6.45, 7) is 3.48. The highest BCUT2D eigenvalue weighted by Crippen LogP contribution is 2.35. The second-order valence-corrected chi connectivity index (χ2v) is 6.46. The molecule has 3 rings (SSSR count). The fourth-order valence-corrected chi connectivity index (χ4v) is 3.38. The number of pyridine rings is 1. The van der Waals surface area contributed by atoms with Gasteiger partial charge >= 0.3 is 0 Å². The first-order valence-electron chi connectivity index (χ1n) is 7.37. The monoisotopic (exact) mass is 356 g/mol. The number of hydrogen-bond donors (Lipinski definition) is 3. The first kappa shape index (κ1) is 16.7. The predicted molar refractivity (Wildman–Crippen MR) is 97.2 cm³/mol. The van der Waals surface area contributed by atoms with Gasteiger partial charge in [-0.25, -0.2) is 4.98 Å². The molecule has 1 amide bonds. The summed E-state index contributed by atoms with van der Waals surface area (Å²) in [6.07, 6.45) is 2.85. The summed E-state index contributed by atoms with van der Waals surface area (Å²) in [5.74, 6) is -0.718. The van der Waals surface area contributed by atoms with Crippen LogP contribution >= 0.6 is 11.3 Å². The topological polar surface area (TPSA) is 124 Å². The highest BCUT2D eigenvalue weighted by atomic mass is 32.1. The number of primary amides is 1. The second kappa shape index (κ2) is 6.06. The van der Waals surface area contributed by atoms with Gasteiger partial charge in [0, 0.05) is 17.8 Å². The Morgan fingerprint density at radius 2 is 2.00 bits per heavy atom. The van der Waals surface area contributed by atoms with Crippen molar-refractivity contribution in [2.45, 2.75) is 13.8 Å². The van der Waals surface area contributed by atoms with Crippen molar-refractivity contribution in [3.8, 4) is 22.0 Å². The van der Waals surface area contributed by atoms with Crippen molar-refractivity contribution in [1.82, 2.24) is 9.55 Å². The van der Waals surface area contributed by atoms with E-state index in [4.69, 9.17) is 11.5 Å². The maximum Gasteiger partial charge on any atom is 0.266 e. The molecule has 5 N–H and O–H groups in total. The van der Waals surface area contributed by atoms with Crippen LogP contribution in [0.2, 0.25) is 0 Å². The van der Waals surface area contributed by atoms with Crippen molar-refractivity contribution in [1.29, 1.82) is 0 Å². The highest BCUT2D eigenvalue weighted by Gasteiger charge is 2.23. The zero-order chi connectivity index (χ0) is 18.3. The Balaban J connectivity index is 2.48. The minimum absolute atomic E-state index is 0.0119. The largest absolute Gasteiger partial charge is 0.508 e. The molecule has 8 heteroatoms. The average molecular weight is 356 g/mol. The molecule has 0 aliphatic heterocycles. The third-order valence-corrected chi connectivity index (χ3v) is 4.81. The van der Waals surface area contributed by atoms with E-state index >= 15 is 0 Å². The van der Waals surface area contributed by atoms with E-state index in [2.05, 4.69) is 4.98 Å². The summed E-state index contributed by atoms with van der Waals surface area (Å²) in [5.41, 5.74) is 13.0. The number of hydrogen-bond acceptors (Lipinski definition) is 6. The van der Waals surface area contributed by atoms with Crippen molar-refractivity contribution in [3.05, 3.63) is 57.0 Å². The normalized spacial score (nSPS) is 10.8. The van der Waals surface area contributed by atoms with Gasteiger partial charge in [0.25, 0.3) is 11.5 Å². The first-order chi connectivity index (χ1) is 11.8. The number of aromatic nitrogens is 2. The highest BCUT2D eigenvalue weighted by molar-refractivity contribution is 7.12. The Bertz CT molecular complexity index is 1040. The lowest BCUT2D eigenvalue weighted by Crippen LogP contribution is -2.26. The third kappa shape index (κ3) is 2.66. The lowest BCUT2D eigenvalue weighted by molar-refractivity contribution is 0.100. The Hall–Kier alpha value is -3.13. The van der Waals surface area contributed by atoms with E-state index < -0.39 is 11.5 Å². The fourth-order valence-electron chi connectivity index (χ4n) is 2.76. The molecule has 0 saturated carbocycles. The lowest BCUT2D eigenvalue weighted by Gasteiger charge is -2.16. The molecule has 0 spiro atoms. The number of amides is 1. The number of nitrogens with two attached hydrogens (primary N) is 2. The molecule has 3 aromatic rings. The number of aromatic hydroxyl groups is 1. The Morgan fingerprint density at radius 1 is 1.28 bits per heavy atom. The van der Waals surface area contributed by atoms with E-state index in [1.807, 2.05) is 0 Å². The molecule has 0 unspecified atom stereocenters. The number of nitrogens with zero attached hydrogens (tertiary/aromatic N) is 2. The van der Waals surface area contributed by atoms with E-state index in [1.54, 1.807) is 37.6 Å². The SMILES string of the molecule is Cc1ccc(O)c(C)c1-c1c(N)c(C(N)=O)cn(-c2nccs2)c1=O. The van der Waals surface area contributed by atoms with E-state index in [0.717, 1.165) is 5.56 Å². The molecule has 128 valence electrons. The van der Waals surface area contributed by atoms with E-state index in [0.29, 0.717) is 16.3 Å². The number of anilines is 1. The van der Waals surface area contributed by atoms with Gasteiger partial charge in [-0.2, -0.15) is 0 Å². The van der Waals surface area contributed by atoms with Crippen LogP contribution < -0.4 is 17.0 Å². The number of carbonyl (C=O) groups excluding carboxylic acids is 1. The molecule has 2 heterocycles. The number of nitrogen functional groups attached to an aromatic ring is 1. The number of carbonyl (C=O) groups is 1. The molecule has 25 heavy (non-hydrogen) atoms. The summed E-state index contributed by atoms with van der Waals surface area (Å²) in [4.78, 5) is 29.0. The van der Waals surface area contributed by atoms with Gasteiger partial charge in [-0.1, -0.05) is 6.07 Å². The van der Waals surface area contributed by atoms with Crippen LogP contribution in [-0.4, -0.2) is 20.6 Å². The summed E-state index contributed by atoms with van der Waals surface area (Å²) >= 11 is 1.24. The summed E-state index contributed by atoms with van der Waals surface area (Å²) in [5, 5.41) is 12.2. The van der Waals surface area contributed by atoms with Crippen LogP contribution in [0.3, 0.4) is 0 Å². The van der Waals surface area contributed by atoms with E-state index in [9.17, 15) is 14.7 Å². The quantitative estimate of drug-likeness (QED) is 0.662. The van der Waals surface area contributed by atoms with Crippen LogP contribution in [0.5, 0.6) is 5.75 Å². The van der Waals surface area contributed by atoms with Crippen LogP contribution in [0.4, 0.5) is 5.69 Å². The number of thiazole rings is 1. The number of phenolic OH excluding ortho intramolecular Hbond substituents is 1. The Kier molecular flexibility index (Phi) is 4.05. The molecule has 7 nitrogen and oxygen atoms in total. The number of benzene rings is 1. The fraction of sp³-hybridized carbons (Fsp3) is 0.118.